The summed E-state index contributed by atoms with van der Waals surface area (Å²) in [5.74, 6) is 0. The molecule has 244 valence electrons. The van der Waals surface area contributed by atoms with Crippen molar-refractivity contribution in [2.75, 3.05) is 88.3 Å². The number of rotatable bonds is 12. The minimum atomic E-state index is -1.03. The van der Waals surface area contributed by atoms with Crippen LogP contribution >= 0.6 is 23.3 Å². The van der Waals surface area contributed by atoms with Gasteiger partial charge in [0.15, 0.2) is 62.0 Å². The van der Waals surface area contributed by atoms with Crippen molar-refractivity contribution in [1.82, 2.24) is 0 Å². The summed E-state index contributed by atoms with van der Waals surface area (Å²) in [4.78, 5) is 8.60. The summed E-state index contributed by atoms with van der Waals surface area (Å²) < 4.78 is 12.2. The minimum Gasteiger partial charge on any atom is -0.388 e. The molecule has 0 spiro atoms. The Morgan fingerprint density at radius 3 is 0.851 bits per heavy atom. The third-order valence-corrected chi connectivity index (χ3v) is 20.3. The Balaban J connectivity index is 1.80. The van der Waals surface area contributed by atoms with Gasteiger partial charge in [-0.15, -0.1) is 17.4 Å². The van der Waals surface area contributed by atoms with Crippen LogP contribution in [-0.4, -0.2) is 63.4 Å². The summed E-state index contributed by atoms with van der Waals surface area (Å²) >= 11 is 0. The maximum atomic E-state index is 3.30. The molecule has 5 rings (SSSR count). The number of nitrogens with zero attached hydrogens (tertiary/aromatic N) is 9. The van der Waals surface area contributed by atoms with Gasteiger partial charge in [-0.25, -0.2) is 0 Å². The van der Waals surface area contributed by atoms with Crippen molar-refractivity contribution in [3.05, 3.63) is 123 Å². The summed E-state index contributed by atoms with van der Waals surface area (Å²) in [5.41, 5.74) is 5.77. The zero-order chi connectivity index (χ0) is 33.7. The first-order valence-corrected chi connectivity index (χ1v) is 20.6. The van der Waals surface area contributed by atoms with Gasteiger partial charge in [-0.1, -0.05) is 0 Å². The van der Waals surface area contributed by atoms with E-state index in [1.807, 2.05) is 7.05 Å². The molecule has 0 aliphatic carbocycles. The Morgan fingerprint density at radius 1 is 0.383 bits per heavy atom. The summed E-state index contributed by atoms with van der Waals surface area (Å²) in [6, 6.07) is 22.1. The third-order valence-electron chi connectivity index (χ3n) is 7.70. The minimum absolute atomic E-state index is 0.990. The fourth-order valence-corrected chi connectivity index (χ4v) is 19.0. The molecule has 10 nitrogen and oxygen atoms in total. The standard InChI is InChI=1S/C34H47N10P3/c1-35-30-10-20-40(21-11-30)45(41-22-12-31(13-23-41)36(2)3)47(44-28-18-34(19-29-44)39(8)9)46(42-24-14-32(15-25-42)37(4)5)43-26-16-33(17-27-43)38(6)7/h10-29H,1-9H3/q+4/p+1. The van der Waals surface area contributed by atoms with Crippen molar-refractivity contribution < 1.29 is 21.7 Å². The topological polar surface area (TPSA) is 44.4 Å². The van der Waals surface area contributed by atoms with Crippen molar-refractivity contribution in [3.8, 4) is 0 Å². The highest BCUT2D eigenvalue weighted by molar-refractivity contribution is 8.52. The van der Waals surface area contributed by atoms with E-state index in [9.17, 15) is 0 Å². The molecule has 0 aromatic carbocycles. The van der Waals surface area contributed by atoms with E-state index < -0.39 is 23.3 Å². The second-order valence-electron chi connectivity index (χ2n) is 11.8. The van der Waals surface area contributed by atoms with E-state index in [-0.39, 0.29) is 0 Å². The van der Waals surface area contributed by atoms with Crippen LogP contribution < -0.4 is 46.6 Å². The van der Waals surface area contributed by atoms with E-state index in [0.717, 1.165) is 5.69 Å². The first-order chi connectivity index (χ1) is 22.6. The highest BCUT2D eigenvalue weighted by Gasteiger charge is 2.70. The van der Waals surface area contributed by atoms with Crippen molar-refractivity contribution in [2.45, 2.75) is 0 Å². The summed E-state index contributed by atoms with van der Waals surface area (Å²) in [5, 5.41) is 3.30. The molecule has 0 bridgehead atoms. The maximum absolute atomic E-state index is 3.30. The van der Waals surface area contributed by atoms with Gasteiger partial charge in [0.1, 0.15) is 0 Å². The van der Waals surface area contributed by atoms with Gasteiger partial charge in [-0.3, -0.25) is 0 Å². The van der Waals surface area contributed by atoms with Crippen molar-refractivity contribution in [3.63, 3.8) is 0 Å². The van der Waals surface area contributed by atoms with Gasteiger partial charge in [0, 0.05) is 153 Å². The van der Waals surface area contributed by atoms with Crippen molar-refractivity contribution in [2.24, 2.45) is 0 Å². The van der Waals surface area contributed by atoms with Gasteiger partial charge in [0.25, 0.3) is 0 Å². The zero-order valence-electron chi connectivity index (χ0n) is 28.9. The molecule has 5 aromatic heterocycles. The SMILES string of the molecule is CNc1cc[n+](P([n+]2ccc(N(C)C)cc2)P([n+]2ccc(N(C)C)cc2)P([n+]2ccc(N(C)C)cc2)[n+]2ccc(N(C)C)cc2)cc1. The van der Waals surface area contributed by atoms with E-state index in [1.165, 1.54) is 22.7 Å². The van der Waals surface area contributed by atoms with Gasteiger partial charge >= 0.3 is 23.3 Å². The highest BCUT2D eigenvalue weighted by Crippen LogP contribution is 2.75. The molecule has 0 radical (unpaired) electrons. The smallest absolute Gasteiger partial charge is 0.388 e. The Labute approximate surface area is 283 Å². The summed E-state index contributed by atoms with van der Waals surface area (Å²) in [6.45, 7) is 0. The molecule has 2 atom stereocenters. The predicted molar refractivity (Wildman–Crippen MR) is 198 cm³/mol. The molecule has 5 heterocycles. The van der Waals surface area contributed by atoms with Crippen LogP contribution in [0.25, 0.3) is 0 Å². The molecule has 5 aromatic rings. The van der Waals surface area contributed by atoms with Crippen LogP contribution in [0.4, 0.5) is 28.4 Å². The molecule has 0 aliphatic rings. The molecule has 47 heavy (non-hydrogen) atoms. The first kappa shape index (κ1) is 34.4. The third kappa shape index (κ3) is 7.96. The molecular formula is C34H48N10P3+5. The number of pyridine rings is 5. The van der Waals surface area contributed by atoms with Crippen LogP contribution in [0.3, 0.4) is 0 Å². The van der Waals surface area contributed by atoms with Gasteiger partial charge < -0.3 is 24.9 Å². The van der Waals surface area contributed by atoms with E-state index in [2.05, 4.69) is 226 Å². The quantitative estimate of drug-likeness (QED) is 0.198. The molecule has 2 unspecified atom stereocenters. The lowest BCUT2D eigenvalue weighted by Crippen LogP contribution is -2.51. The van der Waals surface area contributed by atoms with E-state index in [1.54, 1.807) is 0 Å². The average Bonchev–Trinajstić information content (AvgIpc) is 3.09. The Hall–Kier alpha value is -3.96. The molecule has 0 saturated carbocycles. The van der Waals surface area contributed by atoms with Crippen LogP contribution in [0.1, 0.15) is 0 Å². The van der Waals surface area contributed by atoms with Crippen LogP contribution in [0.15, 0.2) is 123 Å². The highest BCUT2D eigenvalue weighted by atomic mass is 32.5. The van der Waals surface area contributed by atoms with Crippen LogP contribution in [-0.2, 0) is 0 Å². The van der Waals surface area contributed by atoms with Gasteiger partial charge in [0.2, 0.25) is 0 Å². The molecule has 0 saturated heterocycles. The average molecular weight is 690 g/mol. The number of hydrogen-bond donors (Lipinski definition) is 1. The maximum Gasteiger partial charge on any atom is 0.603 e. The first-order valence-electron chi connectivity index (χ1n) is 15.4. The van der Waals surface area contributed by atoms with Gasteiger partial charge in [-0.2, -0.15) is 4.34 Å². The van der Waals surface area contributed by atoms with Crippen molar-refractivity contribution >= 4 is 51.7 Å². The molecule has 0 fully saturated rings. The molecule has 0 amide bonds. The molecular weight excluding hydrogens is 641 g/mol. The second kappa shape index (κ2) is 15.3. The number of nitrogens with one attached hydrogen (secondary N) is 1. The van der Waals surface area contributed by atoms with Crippen molar-refractivity contribution in [1.29, 1.82) is 0 Å². The van der Waals surface area contributed by atoms with Gasteiger partial charge in [0.05, 0.1) is 0 Å². The summed E-state index contributed by atoms with van der Waals surface area (Å²) in [7, 11) is 15.6. The molecule has 13 heteroatoms. The van der Waals surface area contributed by atoms with Crippen LogP contribution in [0.5, 0.6) is 0 Å². The Bertz CT molecular complexity index is 1660. The lowest BCUT2D eigenvalue weighted by atomic mass is 10.4. The molecule has 0 aliphatic heterocycles. The Kier molecular flexibility index (Phi) is 11.2. The van der Waals surface area contributed by atoms with E-state index in [4.69, 9.17) is 0 Å². The molecule has 1 N–H and O–H groups in total. The van der Waals surface area contributed by atoms with Crippen LogP contribution in [0.2, 0.25) is 0 Å². The van der Waals surface area contributed by atoms with E-state index >= 15 is 0 Å². The lowest BCUT2D eigenvalue weighted by Gasteiger charge is -2.15. The summed E-state index contributed by atoms with van der Waals surface area (Å²) in [6.07, 6.45) is 22.5. The number of aromatic nitrogens is 5. The second-order valence-corrected chi connectivity index (χ2v) is 21.1. The fraction of sp³-hybridized carbons (Fsp3) is 0.265. The predicted octanol–water partition coefficient (Wildman–Crippen LogP) is 4.32. The van der Waals surface area contributed by atoms with E-state index in [0.29, 0.717) is 0 Å². The monoisotopic (exact) mass is 689 g/mol. The number of anilines is 5. The Morgan fingerprint density at radius 2 is 0.617 bits per heavy atom. The van der Waals surface area contributed by atoms with Crippen LogP contribution in [0, 0.1) is 0 Å². The fourth-order valence-electron chi connectivity index (χ4n) is 4.88. The normalized spacial score (nSPS) is 12.4. The zero-order valence-corrected chi connectivity index (χ0v) is 31.6. The largest absolute Gasteiger partial charge is 0.603 e. The number of hydrogen-bond acceptors (Lipinski definition) is 5. The van der Waals surface area contributed by atoms with Gasteiger partial charge in [-0.05, 0) is 0 Å². The lowest BCUT2D eigenvalue weighted by molar-refractivity contribution is -0.633.